The normalized spacial score (nSPS) is 12.2. The summed E-state index contributed by atoms with van der Waals surface area (Å²) in [4.78, 5) is 20.7. The number of aromatic nitrogens is 12. The first-order chi connectivity index (χ1) is 54.9. The molecule has 29 nitrogen and oxygen atoms in total. The van der Waals surface area contributed by atoms with Crippen LogP contribution >= 0.6 is 34.8 Å². The van der Waals surface area contributed by atoms with Gasteiger partial charge in [-0.15, -0.1) is 4.98 Å². The van der Waals surface area contributed by atoms with Gasteiger partial charge in [-0.1, -0.05) is 273 Å². The van der Waals surface area contributed by atoms with Crippen molar-refractivity contribution in [1.82, 2.24) is 61.2 Å². The zero-order chi connectivity index (χ0) is 88.7. The van der Waals surface area contributed by atoms with Crippen LogP contribution < -0.4 is 45.9 Å². The molecule has 0 bridgehead atoms. The number of fused-ring (bicyclic) bond motifs is 8. The smallest absolute Gasteiger partial charge is 0.270 e. The quantitative estimate of drug-likeness (QED) is 0.0654. The minimum Gasteiger partial charge on any atom is -0.380 e. The summed E-state index contributed by atoms with van der Waals surface area (Å²) in [5, 5.41) is 38.0. The standard InChI is InChI=1S/C12H16N2O.2C11H13ClN2O.C11H12N4O.C11H15N3O.C11H14N2O.C10H12ClN3O.C10H13N3O/c1-7-5-8-10(15-14-11(8)13)9(6-7)12(2,3)4;1-11(2,3)8-5-6(12)4-7-9(8)15-14-10(7)13;1-11(2,3)6-4-5-7(12)8-9(6)15-14-10(8)13;1-11(2,3)9-8-6(10(12)15-16-8)5-7(13-4)14-9;1-6-5-7-8(15-14-10(7)12)9(13-6)11(2,3)4;1-11(2,3)8-6-4-5-7-9(8)14-13-10(7)12;1-10(2,3)8-7-6(5(11)4-13-8)9(12)14-15-7;1-10(2,3)8-7-6(4-5-12-8)9(11)13-14-7/h5-6H,1-4H3,(H2,13,14);2*4-5H,1-3H3,(H2,13,14);5H,1-3H3,(H2,12,15);5H,1-4H3,(H2,12,14);4-6H,1-3H3,(H2,12,13);4H,1-3H3,(H2,12,14);4-5H,1-3H3,(H2,11,13). The minimum absolute atomic E-state index is 0.0190. The number of para-hydroxylation sites is 1. The highest BCUT2D eigenvalue weighted by Gasteiger charge is 2.31. The molecule has 0 aliphatic rings. The van der Waals surface area contributed by atoms with E-state index in [1.54, 1.807) is 24.5 Å². The van der Waals surface area contributed by atoms with Gasteiger partial charge >= 0.3 is 0 Å². The predicted octanol–water partition coefficient (Wildman–Crippen LogP) is 22.4. The van der Waals surface area contributed by atoms with E-state index in [0.29, 0.717) is 117 Å². The zero-order valence-electron chi connectivity index (χ0n) is 72.4. The van der Waals surface area contributed by atoms with Crippen LogP contribution in [-0.2, 0) is 43.3 Å². The van der Waals surface area contributed by atoms with Crippen molar-refractivity contribution in [3.05, 3.63) is 168 Å². The molecule has 0 unspecified atom stereocenters. The third-order valence-electron chi connectivity index (χ3n) is 18.6. The molecule has 0 spiro atoms. The van der Waals surface area contributed by atoms with Crippen LogP contribution in [0, 0.1) is 20.4 Å². The first kappa shape index (κ1) is 90.9. The SMILES string of the molecule is CC(C)(C)c1cc(Cl)cc2c(N)noc12.CC(C)(C)c1ccc(Cl)c2c(N)noc12.CC(C)(C)c1cccc2c(N)noc12.CC(C)(C)c1ncc(Cl)c2c(N)noc12.CC(C)(C)c1nccc2c(N)noc12.Cc1cc(C(C)(C)C)c2onc(N)c2c1.Cc1cc2c(N)noc2c(C(C)(C)C)n1.[C-]#[N+]c1cc2c(N)noc2c(C(C)(C)C)n1. The van der Waals surface area contributed by atoms with Crippen molar-refractivity contribution in [2.45, 2.75) is 223 Å². The van der Waals surface area contributed by atoms with Gasteiger partial charge in [-0.25, -0.2) is 0 Å². The lowest BCUT2D eigenvalue weighted by Crippen LogP contribution is -2.14. The Morgan fingerprint density at radius 2 is 0.664 bits per heavy atom. The van der Waals surface area contributed by atoms with Crippen molar-refractivity contribution in [2.75, 3.05) is 45.9 Å². The van der Waals surface area contributed by atoms with E-state index in [9.17, 15) is 0 Å². The van der Waals surface area contributed by atoms with Gasteiger partial charge in [-0.3, -0.25) is 15.0 Å². The molecule has 12 aromatic heterocycles. The van der Waals surface area contributed by atoms with E-state index in [-0.39, 0.29) is 43.3 Å². The summed E-state index contributed by atoms with van der Waals surface area (Å²) in [5.74, 6) is 3.45. The van der Waals surface area contributed by atoms with E-state index in [1.165, 1.54) is 5.56 Å². The summed E-state index contributed by atoms with van der Waals surface area (Å²) in [6, 6.07) is 22.9. The van der Waals surface area contributed by atoms with Gasteiger partial charge in [0.25, 0.3) is 5.82 Å². The van der Waals surface area contributed by atoms with Crippen molar-refractivity contribution in [3.8, 4) is 0 Å². The Labute approximate surface area is 705 Å². The van der Waals surface area contributed by atoms with Gasteiger partial charge in [0.2, 0.25) is 5.58 Å². The van der Waals surface area contributed by atoms with E-state index in [1.807, 2.05) is 103 Å². The molecule has 0 radical (unpaired) electrons. The average Bonchev–Trinajstić information content (AvgIpc) is 1.80. The van der Waals surface area contributed by atoms with Gasteiger partial charge in [0.05, 0.1) is 70.2 Å². The fourth-order valence-corrected chi connectivity index (χ4v) is 13.2. The first-order valence-electron chi connectivity index (χ1n) is 38.1. The molecule has 16 rings (SSSR count). The Morgan fingerprint density at radius 1 is 0.311 bits per heavy atom. The van der Waals surface area contributed by atoms with E-state index in [4.69, 9.17) is 123 Å². The Kier molecular flexibility index (Phi) is 26.1. The lowest BCUT2D eigenvalue weighted by Gasteiger charge is -2.19. The molecule has 0 aliphatic carbocycles. The van der Waals surface area contributed by atoms with Gasteiger partial charge in [-0.2, -0.15) is 0 Å². The monoisotopic (exact) mass is 1680 g/mol. The topological polar surface area (TPSA) is 472 Å². The third-order valence-corrected chi connectivity index (χ3v) is 19.4. The van der Waals surface area contributed by atoms with Crippen molar-refractivity contribution in [1.29, 1.82) is 0 Å². The second-order valence-electron chi connectivity index (χ2n) is 37.0. The molecule has 16 aromatic rings. The maximum Gasteiger partial charge on any atom is 0.270 e. The lowest BCUT2D eigenvalue weighted by molar-refractivity contribution is 0.445. The minimum atomic E-state index is -0.217. The first-order valence-corrected chi connectivity index (χ1v) is 39.2. The number of aryl methyl sites for hydroxylation is 2. The van der Waals surface area contributed by atoms with E-state index >= 15 is 0 Å². The van der Waals surface area contributed by atoms with Crippen LogP contribution in [0.15, 0.2) is 121 Å². The summed E-state index contributed by atoms with van der Waals surface area (Å²) < 4.78 is 41.7. The number of rotatable bonds is 0. The van der Waals surface area contributed by atoms with Gasteiger partial charge in [-0.05, 0) is 89.6 Å². The van der Waals surface area contributed by atoms with Crippen LogP contribution in [0.5, 0.6) is 0 Å². The maximum atomic E-state index is 7.01. The summed E-state index contributed by atoms with van der Waals surface area (Å²) >= 11 is 18.1. The summed E-state index contributed by atoms with van der Waals surface area (Å²) in [6.45, 7) is 61.1. The zero-order valence-corrected chi connectivity index (χ0v) is 74.7. The molecule has 0 saturated heterocycles. The Hall–Kier alpha value is -12.0. The van der Waals surface area contributed by atoms with Gasteiger partial charge in [0.15, 0.2) is 91.3 Å². The largest absolute Gasteiger partial charge is 0.380 e. The van der Waals surface area contributed by atoms with E-state index in [0.717, 1.165) is 88.7 Å². The van der Waals surface area contributed by atoms with Gasteiger partial charge in [0, 0.05) is 67.0 Å². The van der Waals surface area contributed by atoms with Crippen LogP contribution in [0.4, 0.5) is 52.4 Å². The van der Waals surface area contributed by atoms with Crippen LogP contribution in [0.25, 0.3) is 92.6 Å². The maximum absolute atomic E-state index is 7.01. The Morgan fingerprint density at radius 3 is 1.13 bits per heavy atom. The van der Waals surface area contributed by atoms with Crippen LogP contribution in [0.2, 0.25) is 15.1 Å². The molecule has 32 heteroatoms. The summed E-state index contributed by atoms with van der Waals surface area (Å²) in [6.07, 6.45) is 3.31. The molecule has 119 heavy (non-hydrogen) atoms. The van der Waals surface area contributed by atoms with Crippen molar-refractivity contribution in [3.63, 3.8) is 0 Å². The highest BCUT2D eigenvalue weighted by atomic mass is 35.5. The molecule has 0 aliphatic heterocycles. The number of nitrogens with two attached hydrogens (primary N) is 8. The number of nitrogen functional groups attached to an aromatic ring is 8. The highest BCUT2D eigenvalue weighted by molar-refractivity contribution is 6.36. The molecule has 0 atom stereocenters. The average molecular weight is 1680 g/mol. The van der Waals surface area contributed by atoms with E-state index in [2.05, 4.69) is 204 Å². The second kappa shape index (κ2) is 34.1. The molecule has 0 saturated carbocycles. The fraction of sp³-hybridized carbons (Fsp3) is 0.391. The molecular formula is C87H108Cl3N21O8. The number of hydrogen-bond acceptors (Lipinski definition) is 28. The van der Waals surface area contributed by atoms with Crippen molar-refractivity contribution in [2.24, 2.45) is 0 Å². The highest BCUT2D eigenvalue weighted by Crippen LogP contribution is 2.42. The predicted molar refractivity (Wildman–Crippen MR) is 479 cm³/mol. The third kappa shape index (κ3) is 20.6. The van der Waals surface area contributed by atoms with Crippen LogP contribution in [0.1, 0.15) is 222 Å². The number of hydrogen-bond donors (Lipinski definition) is 8. The molecule has 4 aromatic carbocycles. The molecule has 12 heterocycles. The Bertz CT molecular complexity index is 5960. The molecule has 0 amide bonds. The van der Waals surface area contributed by atoms with Crippen molar-refractivity contribution < 1.29 is 36.2 Å². The second-order valence-corrected chi connectivity index (χ2v) is 38.3. The van der Waals surface area contributed by atoms with Crippen LogP contribution in [0.3, 0.4) is 0 Å². The number of halogens is 3. The molecular weight excluding hydrogens is 1570 g/mol. The van der Waals surface area contributed by atoms with Crippen molar-refractivity contribution >= 4 is 175 Å². The fourth-order valence-electron chi connectivity index (χ4n) is 12.5. The summed E-state index contributed by atoms with van der Waals surface area (Å²) in [5.41, 5.74) is 60.5. The van der Waals surface area contributed by atoms with Gasteiger partial charge < -0.3 is 86.9 Å². The van der Waals surface area contributed by atoms with Gasteiger partial charge in [0.1, 0.15) is 0 Å². The Balaban J connectivity index is 0.000000155. The lowest BCUT2D eigenvalue weighted by atomic mass is 9.85. The van der Waals surface area contributed by atoms with E-state index < -0.39 is 0 Å². The number of anilines is 8. The molecule has 630 valence electrons. The summed E-state index contributed by atoms with van der Waals surface area (Å²) in [7, 11) is 0. The molecule has 16 N–H and O–H groups in total. The van der Waals surface area contributed by atoms with Crippen LogP contribution in [-0.4, -0.2) is 61.2 Å². The molecule has 0 fully saturated rings. The number of nitrogens with zero attached hydrogens (tertiary/aromatic N) is 13. The number of pyridine rings is 4. The number of benzene rings is 4.